The molecular weight excluding hydrogens is 444 g/mol. The van der Waals surface area contributed by atoms with Gasteiger partial charge in [0.25, 0.3) is 11.6 Å². The third kappa shape index (κ3) is 6.09. The number of hydrogen-bond acceptors (Lipinski definition) is 6. The Morgan fingerprint density at radius 1 is 1.09 bits per heavy atom. The molecule has 182 valence electrons. The summed E-state index contributed by atoms with van der Waals surface area (Å²) >= 11 is 0. The number of piperidine rings is 1. The van der Waals surface area contributed by atoms with Crippen molar-refractivity contribution >= 4 is 11.6 Å². The number of aliphatic hydroxyl groups is 1. The number of carbonyl (C=O) groups excluding carboxylic acids is 1. The molecule has 2 N–H and O–H groups in total. The van der Waals surface area contributed by atoms with E-state index < -0.39 is 4.92 Å². The van der Waals surface area contributed by atoms with Gasteiger partial charge >= 0.3 is 0 Å². The zero-order chi connectivity index (χ0) is 24.6. The number of carbonyl (C=O) groups is 1. The van der Waals surface area contributed by atoms with Crippen molar-refractivity contribution in [1.29, 1.82) is 0 Å². The molecule has 0 atom stereocenters. The summed E-state index contributed by atoms with van der Waals surface area (Å²) in [7, 11) is 0. The van der Waals surface area contributed by atoms with Crippen LogP contribution in [0, 0.1) is 10.1 Å². The number of aromatic nitrogens is 1. The molecule has 8 heteroatoms. The van der Waals surface area contributed by atoms with Crippen molar-refractivity contribution in [2.75, 3.05) is 26.2 Å². The van der Waals surface area contributed by atoms with Crippen molar-refractivity contribution < 1.29 is 14.8 Å². The van der Waals surface area contributed by atoms with E-state index in [0.29, 0.717) is 29.2 Å². The number of pyridine rings is 1. The second kappa shape index (κ2) is 11.7. The summed E-state index contributed by atoms with van der Waals surface area (Å²) in [6.07, 6.45) is 4.61. The van der Waals surface area contributed by atoms with E-state index in [9.17, 15) is 20.0 Å². The van der Waals surface area contributed by atoms with Gasteiger partial charge in [0.05, 0.1) is 11.5 Å². The second-order valence-electron chi connectivity index (χ2n) is 8.79. The predicted octanol–water partition coefficient (Wildman–Crippen LogP) is 4.15. The molecule has 0 spiro atoms. The molecule has 0 bridgehead atoms. The van der Waals surface area contributed by atoms with Gasteiger partial charge in [-0.3, -0.25) is 19.9 Å². The van der Waals surface area contributed by atoms with Crippen molar-refractivity contribution in [3.63, 3.8) is 0 Å². The molecule has 0 radical (unpaired) electrons. The van der Waals surface area contributed by atoms with Crippen LogP contribution in [0.3, 0.4) is 0 Å². The molecule has 35 heavy (non-hydrogen) atoms. The van der Waals surface area contributed by atoms with Gasteiger partial charge in [0.1, 0.15) is 5.69 Å². The predicted molar refractivity (Wildman–Crippen MR) is 134 cm³/mol. The fourth-order valence-electron chi connectivity index (χ4n) is 4.68. The number of hydrogen-bond donors (Lipinski definition) is 2. The first-order chi connectivity index (χ1) is 17.1. The molecule has 2 aromatic carbocycles. The van der Waals surface area contributed by atoms with E-state index in [4.69, 9.17) is 0 Å². The number of rotatable bonds is 9. The van der Waals surface area contributed by atoms with Crippen LogP contribution in [0.5, 0.6) is 0 Å². The Hall–Kier alpha value is -3.62. The van der Waals surface area contributed by atoms with Gasteiger partial charge < -0.3 is 15.3 Å². The third-order valence-corrected chi connectivity index (χ3v) is 6.58. The first-order valence-electron chi connectivity index (χ1n) is 12.0. The fraction of sp³-hybridized carbons (Fsp3) is 0.333. The highest BCUT2D eigenvalue weighted by Gasteiger charge is 2.21. The van der Waals surface area contributed by atoms with E-state index in [1.807, 2.05) is 0 Å². The topological polar surface area (TPSA) is 109 Å². The van der Waals surface area contributed by atoms with E-state index in [0.717, 1.165) is 38.9 Å². The number of likely N-dealkylation sites (tertiary alicyclic amines) is 1. The van der Waals surface area contributed by atoms with Crippen LogP contribution >= 0.6 is 0 Å². The lowest BCUT2D eigenvalue weighted by molar-refractivity contribution is -0.384. The molecule has 8 nitrogen and oxygen atoms in total. The Morgan fingerprint density at radius 3 is 2.46 bits per heavy atom. The lowest BCUT2D eigenvalue weighted by atomic mass is 9.89. The summed E-state index contributed by atoms with van der Waals surface area (Å²) in [5.41, 5.74) is 3.21. The van der Waals surface area contributed by atoms with Gasteiger partial charge in [-0.05, 0) is 79.7 Å². The fourth-order valence-corrected chi connectivity index (χ4v) is 4.68. The number of nitrogens with one attached hydrogen (secondary N) is 1. The largest absolute Gasteiger partial charge is 0.392 e. The Bertz CT molecular complexity index is 1140. The Kier molecular flexibility index (Phi) is 8.18. The number of nitro groups is 1. The van der Waals surface area contributed by atoms with Crippen LogP contribution in [0.2, 0.25) is 0 Å². The summed E-state index contributed by atoms with van der Waals surface area (Å²) < 4.78 is 0. The normalized spacial score (nSPS) is 14.5. The van der Waals surface area contributed by atoms with Crippen molar-refractivity contribution in [3.05, 3.63) is 93.8 Å². The standard InChI is InChI=1S/C27H30N4O4/c32-19-23-11-15-28-26(25(23)22-7-9-24(10-8-22)31(34)35)27(33)29-14-4-16-30-17-12-21(13-18-30)20-5-2-1-3-6-20/h1-3,5-11,15,21,32H,4,12-14,16-19H2,(H,29,33). The molecule has 1 aliphatic heterocycles. The van der Waals surface area contributed by atoms with Crippen LogP contribution in [0.1, 0.15) is 46.8 Å². The molecule has 0 saturated carbocycles. The smallest absolute Gasteiger partial charge is 0.270 e. The number of nitrogens with zero attached hydrogens (tertiary/aromatic N) is 3. The maximum absolute atomic E-state index is 13.0. The molecule has 4 rings (SSSR count). The minimum absolute atomic E-state index is 0.0398. The van der Waals surface area contributed by atoms with Gasteiger partial charge in [-0.25, -0.2) is 0 Å². The number of nitro benzene ring substituents is 1. The van der Waals surface area contributed by atoms with Crippen LogP contribution in [0.25, 0.3) is 11.1 Å². The van der Waals surface area contributed by atoms with Crippen LogP contribution in [-0.4, -0.2) is 52.0 Å². The Morgan fingerprint density at radius 2 is 1.80 bits per heavy atom. The van der Waals surface area contributed by atoms with E-state index in [-0.39, 0.29) is 23.9 Å². The summed E-state index contributed by atoms with van der Waals surface area (Å²) in [4.78, 5) is 30.2. The molecular formula is C27H30N4O4. The van der Waals surface area contributed by atoms with Gasteiger partial charge in [-0.2, -0.15) is 0 Å². The SMILES string of the molecule is O=C(NCCCN1CCC(c2ccccc2)CC1)c1nccc(CO)c1-c1ccc([N+](=O)[O-])cc1. The van der Waals surface area contributed by atoms with Crippen LogP contribution in [0.4, 0.5) is 5.69 Å². The molecule has 1 fully saturated rings. The summed E-state index contributed by atoms with van der Waals surface area (Å²) in [6.45, 7) is 3.27. The van der Waals surface area contributed by atoms with Crippen molar-refractivity contribution in [3.8, 4) is 11.1 Å². The Labute approximate surface area is 204 Å². The van der Waals surface area contributed by atoms with Crippen LogP contribution in [-0.2, 0) is 6.61 Å². The molecule has 1 saturated heterocycles. The third-order valence-electron chi connectivity index (χ3n) is 6.58. The summed E-state index contributed by atoms with van der Waals surface area (Å²) in [6, 6.07) is 18.2. The lowest BCUT2D eigenvalue weighted by Gasteiger charge is -2.32. The lowest BCUT2D eigenvalue weighted by Crippen LogP contribution is -2.35. The average Bonchev–Trinajstić information content (AvgIpc) is 2.91. The zero-order valence-corrected chi connectivity index (χ0v) is 19.6. The van der Waals surface area contributed by atoms with Crippen molar-refractivity contribution in [2.45, 2.75) is 31.8 Å². The van der Waals surface area contributed by atoms with Crippen LogP contribution < -0.4 is 5.32 Å². The number of amides is 1. The van der Waals surface area contributed by atoms with Gasteiger partial charge in [0.15, 0.2) is 0 Å². The zero-order valence-electron chi connectivity index (χ0n) is 19.6. The minimum atomic E-state index is -0.474. The Balaban J connectivity index is 1.32. The first kappa shape index (κ1) is 24.5. The minimum Gasteiger partial charge on any atom is -0.392 e. The van der Waals surface area contributed by atoms with E-state index in [1.54, 1.807) is 18.2 Å². The van der Waals surface area contributed by atoms with Crippen molar-refractivity contribution in [2.24, 2.45) is 0 Å². The molecule has 1 aromatic heterocycles. The summed E-state index contributed by atoms with van der Waals surface area (Å²) in [5, 5.41) is 23.7. The molecule has 0 aliphatic carbocycles. The maximum Gasteiger partial charge on any atom is 0.270 e. The highest BCUT2D eigenvalue weighted by molar-refractivity contribution is 5.99. The average molecular weight is 475 g/mol. The number of aliphatic hydroxyl groups excluding tert-OH is 1. The summed E-state index contributed by atoms with van der Waals surface area (Å²) in [5.74, 6) is 0.298. The maximum atomic E-state index is 13.0. The van der Waals surface area contributed by atoms with Gasteiger partial charge in [-0.15, -0.1) is 0 Å². The number of benzene rings is 2. The molecule has 1 amide bonds. The quantitative estimate of drug-likeness (QED) is 0.274. The highest BCUT2D eigenvalue weighted by atomic mass is 16.6. The monoisotopic (exact) mass is 474 g/mol. The number of non-ortho nitro benzene ring substituents is 1. The van der Waals surface area contributed by atoms with Gasteiger partial charge in [0, 0.05) is 30.4 Å². The molecule has 0 unspecified atom stereocenters. The molecule has 1 aliphatic rings. The van der Waals surface area contributed by atoms with Gasteiger partial charge in [-0.1, -0.05) is 30.3 Å². The molecule has 2 heterocycles. The van der Waals surface area contributed by atoms with Crippen LogP contribution in [0.15, 0.2) is 66.9 Å². The van der Waals surface area contributed by atoms with E-state index in [1.165, 1.54) is 23.9 Å². The molecule has 3 aromatic rings. The first-order valence-corrected chi connectivity index (χ1v) is 12.0. The van der Waals surface area contributed by atoms with Gasteiger partial charge in [0.2, 0.25) is 0 Å². The van der Waals surface area contributed by atoms with E-state index >= 15 is 0 Å². The van der Waals surface area contributed by atoms with E-state index in [2.05, 4.69) is 45.5 Å². The highest BCUT2D eigenvalue weighted by Crippen LogP contribution is 2.29. The second-order valence-corrected chi connectivity index (χ2v) is 8.79. The van der Waals surface area contributed by atoms with Crippen molar-refractivity contribution in [1.82, 2.24) is 15.2 Å².